The molecule has 0 saturated heterocycles. The molecule has 0 saturated carbocycles. The molecule has 0 fully saturated rings. The molecular formula is C7H15NO3S. The average Bonchev–Trinajstić information content (AvgIpc) is 2.00. The van der Waals surface area contributed by atoms with Gasteiger partial charge in [-0.25, -0.2) is 13.1 Å². The molecule has 12 heavy (non-hydrogen) atoms. The standard InChI is InChI=1S/C7H15NO3S/c1-3-5-12(10,11)8-6-7(9)4-2/h3,7-9H,1,4-6H2,2H3. The third-order valence-corrected chi connectivity index (χ3v) is 2.63. The van der Waals surface area contributed by atoms with E-state index >= 15 is 0 Å². The number of sulfonamides is 1. The number of nitrogens with one attached hydrogen (secondary N) is 1. The second-order valence-electron chi connectivity index (χ2n) is 2.48. The van der Waals surface area contributed by atoms with Crippen molar-refractivity contribution in [3.05, 3.63) is 12.7 Å². The van der Waals surface area contributed by atoms with Gasteiger partial charge in [-0.05, 0) is 6.42 Å². The molecular weight excluding hydrogens is 178 g/mol. The number of aliphatic hydroxyl groups excluding tert-OH is 1. The summed E-state index contributed by atoms with van der Waals surface area (Å²) in [4.78, 5) is 0. The Morgan fingerprint density at radius 1 is 1.67 bits per heavy atom. The zero-order chi connectivity index (χ0) is 9.61. The topological polar surface area (TPSA) is 66.4 Å². The van der Waals surface area contributed by atoms with Crippen LogP contribution in [0, 0.1) is 0 Å². The van der Waals surface area contributed by atoms with Gasteiger partial charge in [-0.3, -0.25) is 0 Å². The summed E-state index contributed by atoms with van der Waals surface area (Å²) in [6.45, 7) is 5.17. The summed E-state index contributed by atoms with van der Waals surface area (Å²) in [6, 6.07) is 0. The van der Waals surface area contributed by atoms with Crippen LogP contribution in [0.2, 0.25) is 0 Å². The largest absolute Gasteiger partial charge is 0.392 e. The Hall–Kier alpha value is -0.390. The van der Waals surface area contributed by atoms with E-state index in [1.165, 1.54) is 6.08 Å². The molecule has 5 heteroatoms. The molecule has 1 unspecified atom stereocenters. The Bertz CT molecular complexity index is 223. The summed E-state index contributed by atoms with van der Waals surface area (Å²) in [5.41, 5.74) is 0. The lowest BCUT2D eigenvalue weighted by Crippen LogP contribution is -2.32. The van der Waals surface area contributed by atoms with Crippen LogP contribution in [-0.4, -0.2) is 31.9 Å². The maximum atomic E-state index is 11.0. The van der Waals surface area contributed by atoms with E-state index in [0.29, 0.717) is 6.42 Å². The van der Waals surface area contributed by atoms with E-state index in [0.717, 1.165) is 0 Å². The predicted octanol–water partition coefficient (Wildman–Crippen LogP) is -0.137. The minimum Gasteiger partial charge on any atom is -0.392 e. The average molecular weight is 193 g/mol. The van der Waals surface area contributed by atoms with Gasteiger partial charge in [0.25, 0.3) is 0 Å². The Morgan fingerprint density at radius 2 is 2.25 bits per heavy atom. The summed E-state index contributed by atoms with van der Waals surface area (Å²) >= 11 is 0. The van der Waals surface area contributed by atoms with Crippen LogP contribution >= 0.6 is 0 Å². The monoisotopic (exact) mass is 193 g/mol. The fourth-order valence-electron chi connectivity index (χ4n) is 0.582. The first-order chi connectivity index (χ1) is 5.52. The fraction of sp³-hybridized carbons (Fsp3) is 0.714. The summed E-state index contributed by atoms with van der Waals surface area (Å²) in [5, 5.41) is 9.04. The van der Waals surface area contributed by atoms with Crippen molar-refractivity contribution >= 4 is 10.0 Å². The summed E-state index contributed by atoms with van der Waals surface area (Å²) in [5.74, 6) is -0.108. The van der Waals surface area contributed by atoms with Gasteiger partial charge in [0.1, 0.15) is 0 Å². The van der Waals surface area contributed by atoms with Gasteiger partial charge >= 0.3 is 0 Å². The van der Waals surface area contributed by atoms with Crippen molar-refractivity contribution in [3.8, 4) is 0 Å². The van der Waals surface area contributed by atoms with Gasteiger partial charge in [-0.15, -0.1) is 6.58 Å². The van der Waals surface area contributed by atoms with Crippen molar-refractivity contribution in [1.82, 2.24) is 4.72 Å². The molecule has 0 aromatic carbocycles. The molecule has 1 atom stereocenters. The Morgan fingerprint density at radius 3 is 2.67 bits per heavy atom. The van der Waals surface area contributed by atoms with E-state index in [4.69, 9.17) is 5.11 Å². The van der Waals surface area contributed by atoms with Gasteiger partial charge in [0.05, 0.1) is 11.9 Å². The zero-order valence-corrected chi connectivity index (χ0v) is 7.97. The highest BCUT2D eigenvalue weighted by atomic mass is 32.2. The molecule has 0 aliphatic heterocycles. The molecule has 0 rings (SSSR count). The zero-order valence-electron chi connectivity index (χ0n) is 7.16. The van der Waals surface area contributed by atoms with Crippen molar-refractivity contribution in [3.63, 3.8) is 0 Å². The van der Waals surface area contributed by atoms with Gasteiger partial charge in [0.15, 0.2) is 0 Å². The number of hydrogen-bond donors (Lipinski definition) is 2. The molecule has 0 aliphatic rings. The molecule has 0 radical (unpaired) electrons. The minimum atomic E-state index is -3.26. The highest BCUT2D eigenvalue weighted by Crippen LogP contribution is 1.90. The summed E-state index contributed by atoms with van der Waals surface area (Å²) in [7, 11) is -3.26. The van der Waals surface area contributed by atoms with Crippen LogP contribution in [0.5, 0.6) is 0 Å². The van der Waals surface area contributed by atoms with Gasteiger partial charge in [0, 0.05) is 6.54 Å². The molecule has 0 heterocycles. The van der Waals surface area contributed by atoms with Crippen LogP contribution in [0.3, 0.4) is 0 Å². The van der Waals surface area contributed by atoms with E-state index in [1.807, 2.05) is 0 Å². The number of aliphatic hydroxyl groups is 1. The maximum Gasteiger partial charge on any atom is 0.215 e. The first kappa shape index (κ1) is 11.6. The molecule has 72 valence electrons. The second-order valence-corrected chi connectivity index (χ2v) is 4.33. The van der Waals surface area contributed by atoms with E-state index in [-0.39, 0.29) is 12.3 Å². The molecule has 0 amide bonds. The third-order valence-electron chi connectivity index (χ3n) is 1.35. The van der Waals surface area contributed by atoms with Gasteiger partial charge in [0.2, 0.25) is 10.0 Å². The summed E-state index contributed by atoms with van der Waals surface area (Å²) < 4.78 is 24.2. The summed E-state index contributed by atoms with van der Waals surface area (Å²) in [6.07, 6.45) is 1.24. The van der Waals surface area contributed by atoms with E-state index < -0.39 is 16.1 Å². The fourth-order valence-corrected chi connectivity index (χ4v) is 1.46. The predicted molar refractivity (Wildman–Crippen MR) is 48.3 cm³/mol. The molecule has 0 aromatic rings. The van der Waals surface area contributed by atoms with Crippen molar-refractivity contribution in [2.24, 2.45) is 0 Å². The quantitative estimate of drug-likeness (QED) is 0.577. The van der Waals surface area contributed by atoms with Crippen molar-refractivity contribution in [2.75, 3.05) is 12.3 Å². The first-order valence-electron chi connectivity index (χ1n) is 3.78. The molecule has 0 aromatic heterocycles. The molecule has 0 aliphatic carbocycles. The third kappa shape index (κ3) is 5.29. The normalized spacial score (nSPS) is 14.2. The van der Waals surface area contributed by atoms with Crippen LogP contribution < -0.4 is 4.72 Å². The van der Waals surface area contributed by atoms with Crippen LogP contribution in [0.25, 0.3) is 0 Å². The Balaban J connectivity index is 3.84. The molecule has 0 bridgehead atoms. The van der Waals surface area contributed by atoms with Gasteiger partial charge < -0.3 is 5.11 Å². The number of hydrogen-bond acceptors (Lipinski definition) is 3. The molecule has 4 nitrogen and oxygen atoms in total. The minimum absolute atomic E-state index is 0.0761. The SMILES string of the molecule is C=CCS(=O)(=O)NCC(O)CC. The molecule has 2 N–H and O–H groups in total. The molecule has 0 spiro atoms. The number of rotatable bonds is 6. The lowest BCUT2D eigenvalue weighted by molar-refractivity contribution is 0.174. The van der Waals surface area contributed by atoms with Crippen molar-refractivity contribution in [1.29, 1.82) is 0 Å². The van der Waals surface area contributed by atoms with Crippen molar-refractivity contribution in [2.45, 2.75) is 19.4 Å². The van der Waals surface area contributed by atoms with E-state index in [1.54, 1.807) is 6.92 Å². The Labute approximate surface area is 73.3 Å². The van der Waals surface area contributed by atoms with E-state index in [9.17, 15) is 8.42 Å². The Kier molecular flexibility index (Phi) is 5.12. The van der Waals surface area contributed by atoms with Gasteiger partial charge in [-0.2, -0.15) is 0 Å². The van der Waals surface area contributed by atoms with E-state index in [2.05, 4.69) is 11.3 Å². The second kappa shape index (κ2) is 5.29. The first-order valence-corrected chi connectivity index (χ1v) is 5.43. The van der Waals surface area contributed by atoms with Crippen LogP contribution in [-0.2, 0) is 10.0 Å². The lowest BCUT2D eigenvalue weighted by atomic mass is 10.3. The van der Waals surface area contributed by atoms with Crippen LogP contribution in [0.4, 0.5) is 0 Å². The maximum absolute atomic E-state index is 11.0. The highest BCUT2D eigenvalue weighted by Gasteiger charge is 2.09. The smallest absolute Gasteiger partial charge is 0.215 e. The van der Waals surface area contributed by atoms with Crippen LogP contribution in [0.15, 0.2) is 12.7 Å². The lowest BCUT2D eigenvalue weighted by Gasteiger charge is -2.08. The van der Waals surface area contributed by atoms with Crippen molar-refractivity contribution < 1.29 is 13.5 Å². The van der Waals surface area contributed by atoms with Gasteiger partial charge in [-0.1, -0.05) is 13.0 Å². The highest BCUT2D eigenvalue weighted by molar-refractivity contribution is 7.89. The van der Waals surface area contributed by atoms with Crippen LogP contribution in [0.1, 0.15) is 13.3 Å².